The normalized spacial score (nSPS) is 10.2. The number of aryl methyl sites for hydroxylation is 1. The van der Waals surface area contributed by atoms with Gasteiger partial charge < -0.3 is 10.1 Å². The van der Waals surface area contributed by atoms with E-state index in [4.69, 9.17) is 4.74 Å². The number of anilines is 1. The summed E-state index contributed by atoms with van der Waals surface area (Å²) in [6, 6.07) is 11.7. The number of hydrogen-bond donors (Lipinski definition) is 1. The van der Waals surface area contributed by atoms with Crippen molar-refractivity contribution in [2.75, 3.05) is 11.9 Å². The number of carbonyl (C=O) groups excluding carboxylic acids is 1. The summed E-state index contributed by atoms with van der Waals surface area (Å²) in [6.45, 7) is 1.50. The monoisotopic (exact) mass is 337 g/mol. The molecular formula is C15H13BrFNO2. The van der Waals surface area contributed by atoms with Crippen LogP contribution in [0.2, 0.25) is 0 Å². The van der Waals surface area contributed by atoms with Gasteiger partial charge in [-0.25, -0.2) is 4.39 Å². The van der Waals surface area contributed by atoms with Crippen molar-refractivity contribution < 1.29 is 13.9 Å². The molecular weight excluding hydrogens is 325 g/mol. The molecule has 5 heteroatoms. The Hall–Kier alpha value is -1.88. The second kappa shape index (κ2) is 6.52. The average molecular weight is 338 g/mol. The van der Waals surface area contributed by atoms with Gasteiger partial charge in [-0.05, 0) is 42.8 Å². The van der Waals surface area contributed by atoms with Gasteiger partial charge in [-0.1, -0.05) is 22.0 Å². The molecule has 0 heterocycles. The minimum atomic E-state index is -0.351. The van der Waals surface area contributed by atoms with Crippen LogP contribution in [0, 0.1) is 12.7 Å². The van der Waals surface area contributed by atoms with Crippen molar-refractivity contribution in [1.29, 1.82) is 0 Å². The maximum Gasteiger partial charge on any atom is 0.262 e. The van der Waals surface area contributed by atoms with Crippen molar-refractivity contribution in [3.05, 3.63) is 58.3 Å². The molecule has 0 fully saturated rings. The summed E-state index contributed by atoms with van der Waals surface area (Å²) in [5.74, 6) is -0.317. The van der Waals surface area contributed by atoms with Crippen LogP contribution in [-0.4, -0.2) is 12.5 Å². The van der Waals surface area contributed by atoms with Gasteiger partial charge in [0.05, 0.1) is 0 Å². The molecule has 2 aromatic carbocycles. The molecule has 0 saturated carbocycles. The van der Waals surface area contributed by atoms with Crippen molar-refractivity contribution in [2.45, 2.75) is 6.92 Å². The highest BCUT2D eigenvalue weighted by Crippen LogP contribution is 2.16. The SMILES string of the molecule is Cc1ccc(OCC(=O)Nc2ccc(Br)cc2)cc1F. The van der Waals surface area contributed by atoms with E-state index in [2.05, 4.69) is 21.2 Å². The number of benzene rings is 2. The summed E-state index contributed by atoms with van der Waals surface area (Å²) in [7, 11) is 0. The summed E-state index contributed by atoms with van der Waals surface area (Å²) in [5, 5.41) is 2.69. The van der Waals surface area contributed by atoms with Gasteiger partial charge in [0, 0.05) is 16.2 Å². The lowest BCUT2D eigenvalue weighted by Gasteiger charge is -2.08. The van der Waals surface area contributed by atoms with Crippen LogP contribution in [-0.2, 0) is 4.79 Å². The highest BCUT2D eigenvalue weighted by molar-refractivity contribution is 9.10. The molecule has 104 valence electrons. The third-order valence-electron chi connectivity index (χ3n) is 2.64. The Morgan fingerprint density at radius 3 is 2.60 bits per heavy atom. The van der Waals surface area contributed by atoms with E-state index in [0.29, 0.717) is 17.0 Å². The number of ether oxygens (including phenoxy) is 1. The Balaban J connectivity index is 1.88. The first-order valence-electron chi connectivity index (χ1n) is 5.99. The van der Waals surface area contributed by atoms with Gasteiger partial charge in [-0.2, -0.15) is 0 Å². The Morgan fingerprint density at radius 1 is 1.25 bits per heavy atom. The first-order chi connectivity index (χ1) is 9.54. The molecule has 0 aliphatic rings. The van der Waals surface area contributed by atoms with Crippen molar-refractivity contribution in [2.24, 2.45) is 0 Å². The lowest BCUT2D eigenvalue weighted by Crippen LogP contribution is -2.20. The van der Waals surface area contributed by atoms with Crippen LogP contribution < -0.4 is 10.1 Å². The van der Waals surface area contributed by atoms with Crippen molar-refractivity contribution in [1.82, 2.24) is 0 Å². The Bertz CT molecular complexity index is 614. The van der Waals surface area contributed by atoms with Crippen molar-refractivity contribution in [3.8, 4) is 5.75 Å². The molecule has 0 bridgehead atoms. The summed E-state index contributed by atoms with van der Waals surface area (Å²) in [4.78, 5) is 11.7. The summed E-state index contributed by atoms with van der Waals surface area (Å²) >= 11 is 3.31. The van der Waals surface area contributed by atoms with Crippen LogP contribution >= 0.6 is 15.9 Å². The van der Waals surface area contributed by atoms with Gasteiger partial charge in [-0.15, -0.1) is 0 Å². The van der Waals surface area contributed by atoms with E-state index in [1.807, 2.05) is 12.1 Å². The molecule has 2 aromatic rings. The van der Waals surface area contributed by atoms with Gasteiger partial charge in [0.1, 0.15) is 11.6 Å². The molecule has 0 spiro atoms. The molecule has 0 unspecified atom stereocenters. The lowest BCUT2D eigenvalue weighted by molar-refractivity contribution is -0.118. The minimum absolute atomic E-state index is 0.168. The predicted octanol–water partition coefficient (Wildman–Crippen LogP) is 3.91. The molecule has 0 aromatic heterocycles. The number of halogens is 2. The molecule has 0 atom stereocenters. The van der Waals surface area contributed by atoms with Crippen LogP contribution in [0.4, 0.5) is 10.1 Å². The fourth-order valence-electron chi connectivity index (χ4n) is 1.54. The molecule has 3 nitrogen and oxygen atoms in total. The molecule has 2 rings (SSSR count). The zero-order chi connectivity index (χ0) is 14.5. The average Bonchev–Trinajstić information content (AvgIpc) is 2.43. The highest BCUT2D eigenvalue weighted by Gasteiger charge is 2.05. The third-order valence-corrected chi connectivity index (χ3v) is 3.17. The second-order valence-electron chi connectivity index (χ2n) is 4.25. The topological polar surface area (TPSA) is 38.3 Å². The Morgan fingerprint density at radius 2 is 1.95 bits per heavy atom. The lowest BCUT2D eigenvalue weighted by atomic mass is 10.2. The maximum absolute atomic E-state index is 13.3. The number of rotatable bonds is 4. The smallest absolute Gasteiger partial charge is 0.262 e. The fourth-order valence-corrected chi connectivity index (χ4v) is 1.81. The van der Waals surface area contributed by atoms with Gasteiger partial charge in [0.25, 0.3) is 5.91 Å². The van der Waals surface area contributed by atoms with Gasteiger partial charge >= 0.3 is 0 Å². The zero-order valence-electron chi connectivity index (χ0n) is 10.8. The largest absolute Gasteiger partial charge is 0.484 e. The Labute approximate surface area is 124 Å². The number of nitrogens with one attached hydrogen (secondary N) is 1. The van der Waals surface area contributed by atoms with E-state index < -0.39 is 0 Å². The molecule has 0 radical (unpaired) electrons. The number of hydrogen-bond acceptors (Lipinski definition) is 2. The van der Waals surface area contributed by atoms with E-state index in [1.165, 1.54) is 6.07 Å². The van der Waals surface area contributed by atoms with Crippen molar-refractivity contribution in [3.63, 3.8) is 0 Å². The second-order valence-corrected chi connectivity index (χ2v) is 5.17. The standard InChI is InChI=1S/C15H13BrFNO2/c1-10-2-7-13(8-14(10)17)20-9-15(19)18-12-5-3-11(16)4-6-12/h2-8H,9H2,1H3,(H,18,19). The van der Waals surface area contributed by atoms with Gasteiger partial charge in [0.2, 0.25) is 0 Å². The first kappa shape index (κ1) is 14.5. The number of carbonyl (C=O) groups is 1. The minimum Gasteiger partial charge on any atom is -0.484 e. The summed E-state index contributed by atoms with van der Waals surface area (Å²) in [5.41, 5.74) is 1.22. The zero-order valence-corrected chi connectivity index (χ0v) is 12.4. The quantitative estimate of drug-likeness (QED) is 0.918. The van der Waals surface area contributed by atoms with E-state index in [-0.39, 0.29) is 18.3 Å². The van der Waals surface area contributed by atoms with E-state index in [9.17, 15) is 9.18 Å². The van der Waals surface area contributed by atoms with Gasteiger partial charge in [-0.3, -0.25) is 4.79 Å². The summed E-state index contributed by atoms with van der Waals surface area (Å²) < 4.78 is 19.5. The van der Waals surface area contributed by atoms with Crippen LogP contribution in [0.25, 0.3) is 0 Å². The Kier molecular flexibility index (Phi) is 4.74. The molecule has 0 aliphatic carbocycles. The molecule has 1 N–H and O–H groups in total. The fraction of sp³-hybridized carbons (Fsp3) is 0.133. The van der Waals surface area contributed by atoms with E-state index in [0.717, 1.165) is 4.47 Å². The predicted molar refractivity (Wildman–Crippen MR) is 79.4 cm³/mol. The van der Waals surface area contributed by atoms with E-state index in [1.54, 1.807) is 31.2 Å². The molecule has 20 heavy (non-hydrogen) atoms. The van der Waals surface area contributed by atoms with Crippen LogP contribution in [0.3, 0.4) is 0 Å². The van der Waals surface area contributed by atoms with Crippen molar-refractivity contribution >= 4 is 27.5 Å². The van der Waals surface area contributed by atoms with Crippen LogP contribution in [0.15, 0.2) is 46.9 Å². The third kappa shape index (κ3) is 4.06. The highest BCUT2D eigenvalue weighted by atomic mass is 79.9. The molecule has 1 amide bonds. The molecule has 0 aliphatic heterocycles. The van der Waals surface area contributed by atoms with Crippen LogP contribution in [0.1, 0.15) is 5.56 Å². The molecule has 0 saturated heterocycles. The number of amides is 1. The van der Waals surface area contributed by atoms with Crippen LogP contribution in [0.5, 0.6) is 5.75 Å². The van der Waals surface area contributed by atoms with Gasteiger partial charge in [0.15, 0.2) is 6.61 Å². The first-order valence-corrected chi connectivity index (χ1v) is 6.78. The van der Waals surface area contributed by atoms with E-state index >= 15 is 0 Å². The summed E-state index contributed by atoms with van der Waals surface area (Å²) in [6.07, 6.45) is 0. The maximum atomic E-state index is 13.3.